The molecular weight excluding hydrogens is 242 g/mol. The van der Waals surface area contributed by atoms with Crippen molar-refractivity contribution in [3.8, 4) is 0 Å². The first kappa shape index (κ1) is 14.9. The molecule has 0 bridgehead atoms. The Hall–Kier alpha value is -1.50. The monoisotopic (exact) mass is 269 g/mol. The highest BCUT2D eigenvalue weighted by Gasteiger charge is 2.42. The van der Waals surface area contributed by atoms with Crippen LogP contribution >= 0.6 is 0 Å². The molecule has 0 aromatic heterocycles. The number of nitrogens with two attached hydrogens (primary N) is 1. The highest BCUT2D eigenvalue weighted by molar-refractivity contribution is 5.48. The van der Waals surface area contributed by atoms with E-state index in [9.17, 15) is 0 Å². The molecule has 1 saturated carbocycles. The molecule has 2 rings (SSSR count). The van der Waals surface area contributed by atoms with Crippen LogP contribution in [-0.2, 0) is 5.41 Å². The fourth-order valence-corrected chi connectivity index (χ4v) is 3.30. The normalized spacial score (nSPS) is 23.6. The number of rotatable bonds is 6. The third-order valence-electron chi connectivity index (χ3n) is 4.45. The Kier molecular flexibility index (Phi) is 4.69. The van der Waals surface area contributed by atoms with Gasteiger partial charge in [-0.2, -0.15) is 0 Å². The molecule has 2 N–H and O–H groups in total. The number of anilines is 1. The van der Waals surface area contributed by atoms with Crippen molar-refractivity contribution in [3.63, 3.8) is 0 Å². The van der Waals surface area contributed by atoms with Gasteiger partial charge in [-0.05, 0) is 50.3 Å². The summed E-state index contributed by atoms with van der Waals surface area (Å²) in [6, 6.07) is 8.45. The molecule has 1 aliphatic rings. The van der Waals surface area contributed by atoms with E-state index < -0.39 is 0 Å². The van der Waals surface area contributed by atoms with Gasteiger partial charge >= 0.3 is 0 Å². The van der Waals surface area contributed by atoms with Crippen LogP contribution in [0.4, 0.5) is 5.69 Å². The van der Waals surface area contributed by atoms with Crippen LogP contribution in [0.25, 0.3) is 0 Å². The van der Waals surface area contributed by atoms with Gasteiger partial charge < -0.3 is 5.73 Å². The van der Waals surface area contributed by atoms with Crippen LogP contribution in [0.15, 0.2) is 48.1 Å². The lowest BCUT2D eigenvalue weighted by atomic mass is 9.57. The lowest BCUT2D eigenvalue weighted by Gasteiger charge is -2.46. The number of benzene rings is 1. The van der Waals surface area contributed by atoms with Crippen molar-refractivity contribution in [1.82, 2.24) is 0 Å². The molecule has 1 fully saturated rings. The largest absolute Gasteiger partial charge is 0.399 e. The van der Waals surface area contributed by atoms with Gasteiger partial charge in [-0.25, -0.2) is 0 Å². The van der Waals surface area contributed by atoms with Crippen molar-refractivity contribution < 1.29 is 0 Å². The highest BCUT2D eigenvalue weighted by Crippen LogP contribution is 2.52. The van der Waals surface area contributed by atoms with E-state index in [0.717, 1.165) is 12.1 Å². The average Bonchev–Trinajstić information content (AvgIpc) is 2.40. The molecule has 0 heterocycles. The summed E-state index contributed by atoms with van der Waals surface area (Å²) in [5.41, 5.74) is 11.2. The first-order valence-corrected chi connectivity index (χ1v) is 7.78. The number of unbranched alkanes of at least 4 members (excludes halogenated alkanes) is 2. The number of hydrogen-bond acceptors (Lipinski definition) is 1. The zero-order valence-electron chi connectivity index (χ0n) is 12.9. The van der Waals surface area contributed by atoms with Crippen molar-refractivity contribution in [3.05, 3.63) is 53.6 Å². The van der Waals surface area contributed by atoms with E-state index in [1.54, 1.807) is 5.57 Å². The number of nitrogen functional groups attached to an aromatic ring is 1. The van der Waals surface area contributed by atoms with Gasteiger partial charge in [0.1, 0.15) is 0 Å². The van der Waals surface area contributed by atoms with Gasteiger partial charge in [-0.1, -0.05) is 49.1 Å². The quantitative estimate of drug-likeness (QED) is 0.418. The Labute approximate surface area is 123 Å². The van der Waals surface area contributed by atoms with Crippen molar-refractivity contribution in [2.45, 2.75) is 57.8 Å². The second-order valence-electron chi connectivity index (χ2n) is 6.21. The standard InChI is InChI=1S/C19H27N/c1-4-5-6-7-16-12-13-19(16,14-15(2)3)17-8-10-18(20)11-9-17/h7-11H,2,4-6,12-14,20H2,1,3H3/b16-7-/t19-/m1/s1. The summed E-state index contributed by atoms with van der Waals surface area (Å²) >= 11 is 0. The van der Waals surface area contributed by atoms with Gasteiger partial charge in [0.15, 0.2) is 0 Å². The maximum atomic E-state index is 5.83. The van der Waals surface area contributed by atoms with Crippen LogP contribution in [0.1, 0.15) is 57.9 Å². The topological polar surface area (TPSA) is 26.0 Å². The first-order valence-electron chi connectivity index (χ1n) is 7.78. The third kappa shape index (κ3) is 2.98. The van der Waals surface area contributed by atoms with Crippen LogP contribution in [0.3, 0.4) is 0 Å². The molecule has 0 amide bonds. The van der Waals surface area contributed by atoms with Crippen molar-refractivity contribution in [2.24, 2.45) is 0 Å². The van der Waals surface area contributed by atoms with Crippen LogP contribution in [-0.4, -0.2) is 0 Å². The Morgan fingerprint density at radius 3 is 2.55 bits per heavy atom. The summed E-state index contributed by atoms with van der Waals surface area (Å²) in [7, 11) is 0. The molecule has 1 aromatic carbocycles. The molecule has 0 spiro atoms. The van der Waals surface area contributed by atoms with Gasteiger partial charge in [0.25, 0.3) is 0 Å². The Bertz CT molecular complexity index is 495. The predicted molar refractivity (Wildman–Crippen MR) is 88.8 cm³/mol. The van der Waals surface area contributed by atoms with E-state index in [-0.39, 0.29) is 5.41 Å². The van der Waals surface area contributed by atoms with E-state index in [1.165, 1.54) is 43.2 Å². The number of hydrogen-bond donors (Lipinski definition) is 1. The van der Waals surface area contributed by atoms with Gasteiger partial charge in [0.2, 0.25) is 0 Å². The maximum Gasteiger partial charge on any atom is 0.0314 e. The average molecular weight is 269 g/mol. The molecule has 0 unspecified atom stereocenters. The zero-order chi connectivity index (χ0) is 14.6. The molecule has 1 aliphatic carbocycles. The molecule has 0 aliphatic heterocycles. The number of allylic oxidation sites excluding steroid dienone is 3. The molecule has 1 atom stereocenters. The van der Waals surface area contributed by atoms with Crippen LogP contribution in [0.5, 0.6) is 0 Å². The Balaban J connectivity index is 2.29. The summed E-state index contributed by atoms with van der Waals surface area (Å²) in [4.78, 5) is 0. The summed E-state index contributed by atoms with van der Waals surface area (Å²) < 4.78 is 0. The molecule has 1 heteroatoms. The van der Waals surface area contributed by atoms with E-state index in [1.807, 2.05) is 12.1 Å². The summed E-state index contributed by atoms with van der Waals surface area (Å²) in [6.45, 7) is 8.53. The Morgan fingerprint density at radius 2 is 2.05 bits per heavy atom. The summed E-state index contributed by atoms with van der Waals surface area (Å²) in [6.07, 6.45) is 9.77. The lowest BCUT2D eigenvalue weighted by molar-refractivity contribution is 0.353. The zero-order valence-corrected chi connectivity index (χ0v) is 12.9. The fraction of sp³-hybridized carbons (Fsp3) is 0.474. The third-order valence-corrected chi connectivity index (χ3v) is 4.45. The van der Waals surface area contributed by atoms with Gasteiger partial charge in [0.05, 0.1) is 0 Å². The molecule has 0 radical (unpaired) electrons. The molecule has 0 saturated heterocycles. The highest BCUT2D eigenvalue weighted by atomic mass is 14.5. The van der Waals surface area contributed by atoms with Crippen LogP contribution in [0.2, 0.25) is 0 Å². The SMILES string of the molecule is C=C(C)C[C@]1(c2ccc(N)cc2)CC/C1=C/CCCC. The fourth-order valence-electron chi connectivity index (χ4n) is 3.30. The predicted octanol–water partition coefficient (Wildman–Crippen LogP) is 5.38. The van der Waals surface area contributed by atoms with Gasteiger partial charge in [-0.3, -0.25) is 0 Å². The van der Waals surface area contributed by atoms with E-state index in [2.05, 4.69) is 38.6 Å². The van der Waals surface area contributed by atoms with E-state index >= 15 is 0 Å². The lowest BCUT2D eigenvalue weighted by Crippen LogP contribution is -2.37. The van der Waals surface area contributed by atoms with Gasteiger partial charge in [0, 0.05) is 11.1 Å². The van der Waals surface area contributed by atoms with Crippen LogP contribution in [0, 0.1) is 0 Å². The van der Waals surface area contributed by atoms with Crippen molar-refractivity contribution in [2.75, 3.05) is 5.73 Å². The first-order chi connectivity index (χ1) is 9.58. The second kappa shape index (κ2) is 6.30. The summed E-state index contributed by atoms with van der Waals surface area (Å²) in [5, 5.41) is 0. The van der Waals surface area contributed by atoms with Gasteiger partial charge in [-0.15, -0.1) is 6.58 Å². The minimum absolute atomic E-state index is 0.202. The molecule has 1 nitrogen and oxygen atoms in total. The van der Waals surface area contributed by atoms with Crippen molar-refractivity contribution in [1.29, 1.82) is 0 Å². The summed E-state index contributed by atoms with van der Waals surface area (Å²) in [5.74, 6) is 0. The molecule has 108 valence electrons. The van der Waals surface area contributed by atoms with E-state index in [4.69, 9.17) is 5.73 Å². The van der Waals surface area contributed by atoms with Crippen LogP contribution < -0.4 is 5.73 Å². The van der Waals surface area contributed by atoms with E-state index in [0.29, 0.717) is 0 Å². The second-order valence-corrected chi connectivity index (χ2v) is 6.21. The molecular formula is C19H27N. The van der Waals surface area contributed by atoms with Crippen molar-refractivity contribution >= 4 is 5.69 Å². The Morgan fingerprint density at radius 1 is 1.35 bits per heavy atom. The minimum Gasteiger partial charge on any atom is -0.399 e. The molecule has 20 heavy (non-hydrogen) atoms. The molecule has 1 aromatic rings. The maximum absolute atomic E-state index is 5.83. The minimum atomic E-state index is 0.202. The smallest absolute Gasteiger partial charge is 0.0314 e.